The van der Waals surface area contributed by atoms with Crippen molar-refractivity contribution in [2.45, 2.75) is 33.2 Å². The Labute approximate surface area is 94.6 Å². The zero-order valence-corrected chi connectivity index (χ0v) is 10.8. The van der Waals surface area contributed by atoms with E-state index >= 15 is 0 Å². The van der Waals surface area contributed by atoms with Crippen molar-refractivity contribution < 1.29 is 0 Å². The lowest BCUT2D eigenvalue weighted by atomic mass is 10.0. The van der Waals surface area contributed by atoms with Crippen molar-refractivity contribution in [3.8, 4) is 0 Å². The highest BCUT2D eigenvalue weighted by Crippen LogP contribution is 2.15. The van der Waals surface area contributed by atoms with E-state index in [1.54, 1.807) is 0 Å². The zero-order chi connectivity index (χ0) is 11.5. The minimum Gasteiger partial charge on any atom is -0.329 e. The van der Waals surface area contributed by atoms with Crippen LogP contribution in [-0.2, 0) is 0 Å². The Hall–Kier alpha value is -0.120. The monoisotopic (exact) mass is 213 g/mol. The molecule has 0 aliphatic carbocycles. The Balaban J connectivity index is 2.36. The van der Waals surface area contributed by atoms with Crippen molar-refractivity contribution in [3.63, 3.8) is 0 Å². The molecule has 2 N–H and O–H groups in total. The normalized spacial score (nSPS) is 21.2. The van der Waals surface area contributed by atoms with Crippen LogP contribution in [0.5, 0.6) is 0 Å². The fraction of sp³-hybridized carbons (Fsp3) is 1.00. The van der Waals surface area contributed by atoms with E-state index in [2.05, 4.69) is 37.5 Å². The molecular formula is C12H27N3. The molecule has 0 atom stereocenters. The van der Waals surface area contributed by atoms with Gasteiger partial charge in [-0.3, -0.25) is 4.90 Å². The number of hydrogen-bond acceptors (Lipinski definition) is 3. The summed E-state index contributed by atoms with van der Waals surface area (Å²) < 4.78 is 0. The molecular weight excluding hydrogens is 186 g/mol. The number of hydrogen-bond donors (Lipinski definition) is 1. The Morgan fingerprint density at radius 3 is 2.07 bits per heavy atom. The topological polar surface area (TPSA) is 32.5 Å². The minimum atomic E-state index is 0.171. The summed E-state index contributed by atoms with van der Waals surface area (Å²) in [5, 5.41) is 0. The SMILES string of the molecule is CC(C)CN1CCN(C(C)(C)CN)CC1. The van der Waals surface area contributed by atoms with Crippen LogP contribution < -0.4 is 5.73 Å². The van der Waals surface area contributed by atoms with Crippen molar-refractivity contribution in [3.05, 3.63) is 0 Å². The maximum atomic E-state index is 5.80. The van der Waals surface area contributed by atoms with Crippen LogP contribution in [0.25, 0.3) is 0 Å². The number of nitrogens with two attached hydrogens (primary N) is 1. The van der Waals surface area contributed by atoms with E-state index in [-0.39, 0.29) is 5.54 Å². The van der Waals surface area contributed by atoms with Gasteiger partial charge in [-0.25, -0.2) is 0 Å². The molecule has 90 valence electrons. The van der Waals surface area contributed by atoms with E-state index in [0.717, 1.165) is 25.6 Å². The van der Waals surface area contributed by atoms with E-state index in [0.29, 0.717) is 0 Å². The van der Waals surface area contributed by atoms with Crippen molar-refractivity contribution in [1.29, 1.82) is 0 Å². The van der Waals surface area contributed by atoms with E-state index in [1.807, 2.05) is 0 Å². The fourth-order valence-electron chi connectivity index (χ4n) is 2.18. The second kappa shape index (κ2) is 5.28. The van der Waals surface area contributed by atoms with Gasteiger partial charge in [0.25, 0.3) is 0 Å². The number of piperazine rings is 1. The largest absolute Gasteiger partial charge is 0.329 e. The maximum Gasteiger partial charge on any atom is 0.0276 e. The lowest BCUT2D eigenvalue weighted by Gasteiger charge is -2.43. The van der Waals surface area contributed by atoms with Crippen molar-refractivity contribution in [1.82, 2.24) is 9.80 Å². The number of nitrogens with zero attached hydrogens (tertiary/aromatic N) is 2. The third-order valence-electron chi connectivity index (χ3n) is 3.35. The highest BCUT2D eigenvalue weighted by atomic mass is 15.3. The molecule has 1 fully saturated rings. The predicted molar refractivity (Wildman–Crippen MR) is 66.0 cm³/mol. The van der Waals surface area contributed by atoms with Crippen LogP contribution in [0.2, 0.25) is 0 Å². The molecule has 1 aliphatic heterocycles. The lowest BCUT2D eigenvalue weighted by Crippen LogP contribution is -2.57. The first-order valence-corrected chi connectivity index (χ1v) is 6.13. The molecule has 0 radical (unpaired) electrons. The van der Waals surface area contributed by atoms with Gasteiger partial charge in [-0.15, -0.1) is 0 Å². The van der Waals surface area contributed by atoms with Crippen LogP contribution in [0.1, 0.15) is 27.7 Å². The van der Waals surface area contributed by atoms with Gasteiger partial charge in [0.1, 0.15) is 0 Å². The summed E-state index contributed by atoms with van der Waals surface area (Å²) in [5.74, 6) is 0.777. The molecule has 1 rings (SSSR count). The van der Waals surface area contributed by atoms with Gasteiger partial charge in [-0.1, -0.05) is 13.8 Å². The molecule has 0 aromatic heterocycles. The van der Waals surface area contributed by atoms with Crippen LogP contribution in [0.15, 0.2) is 0 Å². The van der Waals surface area contributed by atoms with Gasteiger partial charge < -0.3 is 10.6 Å². The molecule has 3 nitrogen and oxygen atoms in total. The van der Waals surface area contributed by atoms with Crippen LogP contribution in [0.4, 0.5) is 0 Å². The summed E-state index contributed by atoms with van der Waals surface area (Å²) in [6.45, 7) is 15.8. The molecule has 0 saturated carbocycles. The highest BCUT2D eigenvalue weighted by Gasteiger charge is 2.28. The molecule has 0 aromatic rings. The Morgan fingerprint density at radius 1 is 1.13 bits per heavy atom. The average molecular weight is 213 g/mol. The number of rotatable bonds is 4. The van der Waals surface area contributed by atoms with Crippen molar-refractivity contribution in [2.24, 2.45) is 11.7 Å². The summed E-state index contributed by atoms with van der Waals surface area (Å²) in [5.41, 5.74) is 5.97. The smallest absolute Gasteiger partial charge is 0.0276 e. The molecule has 0 unspecified atom stereocenters. The van der Waals surface area contributed by atoms with Gasteiger partial charge in [0.05, 0.1) is 0 Å². The van der Waals surface area contributed by atoms with Gasteiger partial charge in [-0.2, -0.15) is 0 Å². The van der Waals surface area contributed by atoms with Gasteiger partial charge in [0, 0.05) is 44.8 Å². The molecule has 1 heterocycles. The molecule has 15 heavy (non-hydrogen) atoms. The Kier molecular flexibility index (Phi) is 4.56. The van der Waals surface area contributed by atoms with Crippen LogP contribution in [0, 0.1) is 5.92 Å². The van der Waals surface area contributed by atoms with Crippen LogP contribution in [-0.4, -0.2) is 54.6 Å². The van der Waals surface area contributed by atoms with E-state index < -0.39 is 0 Å². The third kappa shape index (κ3) is 3.74. The molecule has 0 amide bonds. The molecule has 0 spiro atoms. The van der Waals surface area contributed by atoms with Crippen LogP contribution >= 0.6 is 0 Å². The molecule has 0 aromatic carbocycles. The predicted octanol–water partition coefficient (Wildman–Crippen LogP) is 0.997. The first kappa shape index (κ1) is 12.9. The van der Waals surface area contributed by atoms with E-state index in [1.165, 1.54) is 19.6 Å². The zero-order valence-electron chi connectivity index (χ0n) is 10.8. The summed E-state index contributed by atoms with van der Waals surface area (Å²) in [7, 11) is 0. The first-order valence-electron chi connectivity index (χ1n) is 6.13. The fourth-order valence-corrected chi connectivity index (χ4v) is 2.18. The third-order valence-corrected chi connectivity index (χ3v) is 3.35. The van der Waals surface area contributed by atoms with E-state index in [4.69, 9.17) is 5.73 Å². The molecule has 3 heteroatoms. The maximum absolute atomic E-state index is 5.80. The summed E-state index contributed by atoms with van der Waals surface area (Å²) in [6, 6.07) is 0. The van der Waals surface area contributed by atoms with Crippen molar-refractivity contribution in [2.75, 3.05) is 39.3 Å². The van der Waals surface area contributed by atoms with Gasteiger partial charge >= 0.3 is 0 Å². The van der Waals surface area contributed by atoms with Gasteiger partial charge in [0.2, 0.25) is 0 Å². The van der Waals surface area contributed by atoms with Gasteiger partial charge in [-0.05, 0) is 19.8 Å². The average Bonchev–Trinajstić information content (AvgIpc) is 2.18. The minimum absolute atomic E-state index is 0.171. The summed E-state index contributed by atoms with van der Waals surface area (Å²) in [4.78, 5) is 5.08. The summed E-state index contributed by atoms with van der Waals surface area (Å²) in [6.07, 6.45) is 0. The second-order valence-corrected chi connectivity index (χ2v) is 5.70. The van der Waals surface area contributed by atoms with Crippen LogP contribution in [0.3, 0.4) is 0 Å². The Bertz CT molecular complexity index is 181. The second-order valence-electron chi connectivity index (χ2n) is 5.70. The lowest BCUT2D eigenvalue weighted by molar-refractivity contribution is 0.0523. The molecule has 1 saturated heterocycles. The van der Waals surface area contributed by atoms with E-state index in [9.17, 15) is 0 Å². The molecule has 0 bridgehead atoms. The van der Waals surface area contributed by atoms with Gasteiger partial charge in [0.15, 0.2) is 0 Å². The van der Waals surface area contributed by atoms with Crippen molar-refractivity contribution >= 4 is 0 Å². The highest BCUT2D eigenvalue weighted by molar-refractivity contribution is 4.86. The standard InChI is InChI=1S/C12H27N3/c1-11(2)9-14-5-7-15(8-6-14)12(3,4)10-13/h11H,5-10,13H2,1-4H3. The quantitative estimate of drug-likeness (QED) is 0.756. The first-order chi connectivity index (χ1) is 6.95. The Morgan fingerprint density at radius 2 is 1.67 bits per heavy atom. The summed E-state index contributed by atoms with van der Waals surface area (Å²) >= 11 is 0. The molecule has 1 aliphatic rings.